The number of nitrogens with zero attached hydrogens (tertiary/aromatic N) is 1. The predicted molar refractivity (Wildman–Crippen MR) is 148 cm³/mol. The summed E-state index contributed by atoms with van der Waals surface area (Å²) < 4.78 is 12.3. The maximum atomic E-state index is 6.39. The van der Waals surface area contributed by atoms with Crippen molar-refractivity contribution in [3.05, 3.63) is 88.4 Å². The summed E-state index contributed by atoms with van der Waals surface area (Å²) in [6.07, 6.45) is 17.9. The largest absolute Gasteiger partial charge is 0.358 e. The Kier molecular flexibility index (Phi) is 8.52. The van der Waals surface area contributed by atoms with Gasteiger partial charge < -0.3 is 14.8 Å². The van der Waals surface area contributed by atoms with Crippen LogP contribution in [0.2, 0.25) is 0 Å². The Hall–Kier alpha value is -2.95. The number of allylic oxidation sites excluding steroid dienone is 4. The first-order chi connectivity index (χ1) is 16.0. The highest BCUT2D eigenvalue weighted by atomic mass is 16.7. The fraction of sp³-hybridized carbons (Fsp3) is 0.387. The van der Waals surface area contributed by atoms with Crippen LogP contribution in [0.5, 0.6) is 0 Å². The molecule has 35 heavy (non-hydrogen) atoms. The molecule has 0 saturated heterocycles. The SMILES string of the molecule is C.C.CC(C)(C)COCOC1Cc2cc(C3=CCCC=C3)cnc2/C=C\c2c(C3=CN3)cccc21. The topological polar surface area (TPSA) is 53.3 Å². The maximum absolute atomic E-state index is 6.39. The molecule has 0 amide bonds. The molecule has 0 bridgehead atoms. The van der Waals surface area contributed by atoms with Gasteiger partial charge in [0.2, 0.25) is 0 Å². The van der Waals surface area contributed by atoms with Gasteiger partial charge in [0.1, 0.15) is 6.79 Å². The van der Waals surface area contributed by atoms with Crippen LogP contribution in [0.4, 0.5) is 0 Å². The third-order valence-electron chi connectivity index (χ3n) is 6.10. The molecule has 1 N–H and O–H groups in total. The zero-order valence-electron chi connectivity index (χ0n) is 19.7. The first-order valence-electron chi connectivity index (χ1n) is 11.8. The summed E-state index contributed by atoms with van der Waals surface area (Å²) >= 11 is 0. The van der Waals surface area contributed by atoms with Crippen molar-refractivity contribution in [2.45, 2.75) is 61.0 Å². The van der Waals surface area contributed by atoms with Gasteiger partial charge in [-0.25, -0.2) is 0 Å². The number of fused-ring (bicyclic) bond motifs is 2. The normalized spacial score (nSPS) is 18.8. The van der Waals surface area contributed by atoms with E-state index in [4.69, 9.17) is 14.5 Å². The molecule has 0 radical (unpaired) electrons. The Morgan fingerprint density at radius 1 is 1.09 bits per heavy atom. The lowest BCUT2D eigenvalue weighted by molar-refractivity contribution is -0.106. The highest BCUT2D eigenvalue weighted by molar-refractivity contribution is 5.85. The van der Waals surface area contributed by atoms with Crippen LogP contribution < -0.4 is 5.32 Å². The molecular weight excluding hydrogens is 432 g/mol. The van der Waals surface area contributed by atoms with Gasteiger partial charge in [0.05, 0.1) is 24.1 Å². The van der Waals surface area contributed by atoms with E-state index in [0.717, 1.165) is 25.0 Å². The number of hydrogen-bond acceptors (Lipinski definition) is 4. The molecule has 5 rings (SSSR count). The first-order valence-corrected chi connectivity index (χ1v) is 11.8. The summed E-state index contributed by atoms with van der Waals surface area (Å²) in [7, 11) is 0. The van der Waals surface area contributed by atoms with Crippen LogP contribution in [0.3, 0.4) is 0 Å². The van der Waals surface area contributed by atoms with Gasteiger partial charge in [-0.2, -0.15) is 0 Å². The van der Waals surface area contributed by atoms with E-state index in [-0.39, 0.29) is 33.2 Å². The van der Waals surface area contributed by atoms with E-state index < -0.39 is 0 Å². The molecule has 1 aromatic heterocycles. The van der Waals surface area contributed by atoms with Gasteiger partial charge in [0.15, 0.2) is 0 Å². The van der Waals surface area contributed by atoms with Crippen molar-refractivity contribution in [3.63, 3.8) is 0 Å². The lowest BCUT2D eigenvalue weighted by atomic mass is 9.89. The number of benzene rings is 1. The van der Waals surface area contributed by atoms with Gasteiger partial charge in [-0.15, -0.1) is 0 Å². The van der Waals surface area contributed by atoms with Crippen molar-refractivity contribution in [1.29, 1.82) is 0 Å². The molecular formula is C31H40N2O2. The molecule has 4 heteroatoms. The summed E-state index contributed by atoms with van der Waals surface area (Å²) in [4.78, 5) is 4.84. The van der Waals surface area contributed by atoms with Crippen LogP contribution in [0.1, 0.15) is 88.1 Å². The fourth-order valence-electron chi connectivity index (χ4n) is 4.39. The standard InChI is InChI=1S/C29H32N2O2.2CH4/c1-29(2,3)18-32-19-33-28-15-21-14-22(20-8-5-4-6-9-20)16-30-26(21)13-12-23-24(27-17-31-27)10-7-11-25(23)28;;/h5,7-14,16-17,28,31H,4,6,15,18-19H2,1-3H3;2*1H4/b13-12-;;. The molecule has 186 valence electrons. The molecule has 0 saturated carbocycles. The van der Waals surface area contributed by atoms with E-state index in [0.29, 0.717) is 6.61 Å². The third kappa shape index (κ3) is 6.39. The van der Waals surface area contributed by atoms with Gasteiger partial charge in [-0.05, 0) is 58.2 Å². The van der Waals surface area contributed by atoms with Crippen molar-refractivity contribution in [2.24, 2.45) is 5.41 Å². The van der Waals surface area contributed by atoms with Crippen LogP contribution >= 0.6 is 0 Å². The molecule has 1 aromatic carbocycles. The first kappa shape index (κ1) is 26.7. The van der Waals surface area contributed by atoms with Crippen molar-refractivity contribution in [1.82, 2.24) is 10.3 Å². The Morgan fingerprint density at radius 3 is 2.63 bits per heavy atom. The average molecular weight is 473 g/mol. The second-order valence-electron chi connectivity index (χ2n) is 10.1. The minimum absolute atomic E-state index is 0. The number of nitrogens with one attached hydrogen (secondary N) is 1. The Balaban J connectivity index is 0.00000171. The number of ether oxygens (including phenoxy) is 2. The second-order valence-corrected chi connectivity index (χ2v) is 10.1. The zero-order valence-corrected chi connectivity index (χ0v) is 19.7. The van der Waals surface area contributed by atoms with E-state index >= 15 is 0 Å². The summed E-state index contributed by atoms with van der Waals surface area (Å²) in [5.41, 5.74) is 9.46. The lowest BCUT2D eigenvalue weighted by Crippen LogP contribution is -2.19. The van der Waals surface area contributed by atoms with E-state index in [9.17, 15) is 0 Å². The van der Waals surface area contributed by atoms with Gasteiger partial charge >= 0.3 is 0 Å². The Morgan fingerprint density at radius 2 is 1.91 bits per heavy atom. The Bertz CT molecular complexity index is 1160. The minimum Gasteiger partial charge on any atom is -0.358 e. The smallest absolute Gasteiger partial charge is 0.147 e. The maximum Gasteiger partial charge on any atom is 0.147 e. The van der Waals surface area contributed by atoms with Gasteiger partial charge in [0.25, 0.3) is 0 Å². The molecule has 0 fully saturated rings. The van der Waals surface area contributed by atoms with E-state index in [1.165, 1.54) is 39.1 Å². The highest BCUT2D eigenvalue weighted by Gasteiger charge is 2.24. The summed E-state index contributed by atoms with van der Waals surface area (Å²) in [5, 5.41) is 3.25. The van der Waals surface area contributed by atoms with Gasteiger partial charge in [-0.1, -0.05) is 78.1 Å². The number of rotatable bonds is 6. The van der Waals surface area contributed by atoms with Gasteiger partial charge in [0, 0.05) is 24.4 Å². The molecule has 4 nitrogen and oxygen atoms in total. The predicted octanol–water partition coefficient (Wildman–Crippen LogP) is 7.79. The van der Waals surface area contributed by atoms with Crippen molar-refractivity contribution in [2.75, 3.05) is 13.4 Å². The number of hydrogen-bond donors (Lipinski definition) is 1. The summed E-state index contributed by atoms with van der Waals surface area (Å²) in [6, 6.07) is 8.72. The molecule has 2 aromatic rings. The van der Waals surface area contributed by atoms with E-state index in [1.807, 2.05) is 12.4 Å². The molecule has 0 spiro atoms. The molecule has 2 heterocycles. The highest BCUT2D eigenvalue weighted by Crippen LogP contribution is 2.36. The summed E-state index contributed by atoms with van der Waals surface area (Å²) in [6.45, 7) is 7.44. The van der Waals surface area contributed by atoms with Crippen LogP contribution in [-0.4, -0.2) is 18.4 Å². The fourth-order valence-corrected chi connectivity index (χ4v) is 4.39. The average Bonchev–Trinajstić information content (AvgIpc) is 3.64. The summed E-state index contributed by atoms with van der Waals surface area (Å²) in [5.74, 6) is 0. The number of aromatic nitrogens is 1. The van der Waals surface area contributed by atoms with Crippen molar-refractivity contribution >= 4 is 23.4 Å². The zero-order chi connectivity index (χ0) is 22.8. The second kappa shape index (κ2) is 11.2. The Labute approximate surface area is 211 Å². The van der Waals surface area contributed by atoms with Crippen LogP contribution in [-0.2, 0) is 15.9 Å². The molecule has 1 unspecified atom stereocenters. The van der Waals surface area contributed by atoms with Crippen molar-refractivity contribution < 1.29 is 9.47 Å². The van der Waals surface area contributed by atoms with Crippen LogP contribution in [0, 0.1) is 5.41 Å². The van der Waals surface area contributed by atoms with E-state index in [1.54, 1.807) is 0 Å². The minimum atomic E-state index is -0.115. The monoisotopic (exact) mass is 472 g/mol. The third-order valence-corrected chi connectivity index (χ3v) is 6.10. The quantitative estimate of drug-likeness (QED) is 0.344. The van der Waals surface area contributed by atoms with E-state index in [2.05, 4.69) is 80.7 Å². The molecule has 3 aliphatic rings. The molecule has 2 aliphatic carbocycles. The molecule has 1 atom stereocenters. The number of pyridine rings is 1. The molecule has 1 aliphatic heterocycles. The lowest BCUT2D eigenvalue weighted by Gasteiger charge is -2.25. The van der Waals surface area contributed by atoms with Crippen molar-refractivity contribution in [3.8, 4) is 0 Å². The van der Waals surface area contributed by atoms with Crippen LogP contribution in [0.25, 0.3) is 23.4 Å². The van der Waals surface area contributed by atoms with Crippen LogP contribution in [0.15, 0.2) is 54.9 Å². The van der Waals surface area contributed by atoms with Gasteiger partial charge in [-0.3, -0.25) is 4.98 Å².